The number of nitriles is 1. The molecule has 0 spiro atoms. The number of amides is 1. The molecule has 0 aliphatic rings. The number of halogens is 2. The summed E-state index contributed by atoms with van der Waals surface area (Å²) in [5.41, 5.74) is 4.12. The number of fused-ring (bicyclic) bond motifs is 3. The molecule has 9 heteroatoms. The minimum absolute atomic E-state index is 0.0578. The van der Waals surface area contributed by atoms with Gasteiger partial charge in [-0.1, -0.05) is 41.4 Å². The third-order valence-electron chi connectivity index (χ3n) is 4.56. The van der Waals surface area contributed by atoms with Crippen molar-refractivity contribution in [3.63, 3.8) is 0 Å². The van der Waals surface area contributed by atoms with Crippen LogP contribution in [0, 0.1) is 11.3 Å². The molecule has 142 valence electrons. The number of benzene rings is 2. The van der Waals surface area contributed by atoms with E-state index in [9.17, 15) is 19.6 Å². The van der Waals surface area contributed by atoms with Crippen LogP contribution in [-0.4, -0.2) is 15.3 Å². The summed E-state index contributed by atoms with van der Waals surface area (Å²) in [5.74, 6) is -0.939. The van der Waals surface area contributed by atoms with E-state index in [0.717, 1.165) is 4.40 Å². The zero-order valence-electron chi connectivity index (χ0n) is 14.5. The normalized spacial score (nSPS) is 10.9. The van der Waals surface area contributed by atoms with Crippen LogP contribution < -0.4 is 16.9 Å². The van der Waals surface area contributed by atoms with Crippen molar-refractivity contribution in [3.05, 3.63) is 84.3 Å². The number of primary amides is 1. The number of nitrogens with one attached hydrogen (secondary N) is 1. The first-order valence-electron chi connectivity index (χ1n) is 8.24. The zero-order valence-corrected chi connectivity index (χ0v) is 16.0. The smallest absolute Gasteiger partial charge is 0.275 e. The Labute approximate surface area is 172 Å². The van der Waals surface area contributed by atoms with E-state index >= 15 is 0 Å². The second-order valence-electron chi connectivity index (χ2n) is 6.19. The Kier molecular flexibility index (Phi) is 4.38. The number of carbonyl (C=O) groups excluding carboxylic acids is 1. The van der Waals surface area contributed by atoms with Crippen molar-refractivity contribution in [2.24, 2.45) is 5.73 Å². The van der Waals surface area contributed by atoms with Crippen LogP contribution in [0.2, 0.25) is 10.0 Å². The van der Waals surface area contributed by atoms with Gasteiger partial charge in [-0.25, -0.2) is 0 Å². The average molecular weight is 425 g/mol. The maximum Gasteiger partial charge on any atom is 0.275 e. The molecule has 0 atom stereocenters. The van der Waals surface area contributed by atoms with E-state index in [4.69, 9.17) is 28.9 Å². The predicted molar refractivity (Wildman–Crippen MR) is 110 cm³/mol. The first-order chi connectivity index (χ1) is 13.8. The molecule has 29 heavy (non-hydrogen) atoms. The van der Waals surface area contributed by atoms with Crippen LogP contribution in [0.15, 0.2) is 52.1 Å². The molecule has 0 radical (unpaired) electrons. The van der Waals surface area contributed by atoms with Gasteiger partial charge in [-0.3, -0.25) is 18.8 Å². The standard InChI is InChI=1S/C20H10Cl2N4O3/c21-9-5-6-10(13(22)7-9)15-12(8-23)20(29)26-14-4-2-1-3-11(14)19(28)25-18(26)16(15)17(24)27/h1-7H,(H2,24,27)(H,25,28). The lowest BCUT2D eigenvalue weighted by Crippen LogP contribution is -2.28. The number of hydrogen-bond acceptors (Lipinski definition) is 4. The summed E-state index contributed by atoms with van der Waals surface area (Å²) in [6.45, 7) is 0. The van der Waals surface area contributed by atoms with Gasteiger partial charge in [0, 0.05) is 21.2 Å². The number of nitrogens with two attached hydrogens (primary N) is 1. The number of rotatable bonds is 2. The van der Waals surface area contributed by atoms with Crippen molar-refractivity contribution in [1.82, 2.24) is 9.38 Å². The second kappa shape index (κ2) is 6.78. The van der Waals surface area contributed by atoms with Gasteiger partial charge in [-0.2, -0.15) is 5.26 Å². The number of aromatic amines is 1. The van der Waals surface area contributed by atoms with Crippen LogP contribution in [0.4, 0.5) is 0 Å². The highest BCUT2D eigenvalue weighted by Crippen LogP contribution is 2.35. The maximum absolute atomic E-state index is 13.2. The quantitative estimate of drug-likeness (QED) is 0.480. The summed E-state index contributed by atoms with van der Waals surface area (Å²) in [4.78, 5) is 40.8. The fourth-order valence-corrected chi connectivity index (χ4v) is 3.87. The molecule has 4 aromatic rings. The molecule has 1 amide bonds. The summed E-state index contributed by atoms with van der Waals surface area (Å²) in [6.07, 6.45) is 0. The fraction of sp³-hybridized carbons (Fsp3) is 0. The lowest BCUT2D eigenvalue weighted by atomic mass is 9.95. The maximum atomic E-state index is 13.2. The molecular weight excluding hydrogens is 415 g/mol. The van der Waals surface area contributed by atoms with Crippen LogP contribution in [0.5, 0.6) is 0 Å². The van der Waals surface area contributed by atoms with Gasteiger partial charge in [-0.15, -0.1) is 0 Å². The van der Waals surface area contributed by atoms with Crippen molar-refractivity contribution in [2.75, 3.05) is 0 Å². The molecule has 0 aliphatic carbocycles. The highest BCUT2D eigenvalue weighted by atomic mass is 35.5. The van der Waals surface area contributed by atoms with Crippen molar-refractivity contribution >= 4 is 45.7 Å². The largest absolute Gasteiger partial charge is 0.365 e. The number of carbonyl (C=O) groups is 1. The third-order valence-corrected chi connectivity index (χ3v) is 5.11. The predicted octanol–water partition coefficient (Wildman–Crippen LogP) is 3.09. The van der Waals surface area contributed by atoms with Crippen LogP contribution in [0.3, 0.4) is 0 Å². The molecule has 0 bridgehead atoms. The Morgan fingerprint density at radius 2 is 1.86 bits per heavy atom. The van der Waals surface area contributed by atoms with Gasteiger partial charge in [0.15, 0.2) is 0 Å². The fourth-order valence-electron chi connectivity index (χ4n) is 3.36. The van der Waals surface area contributed by atoms with Gasteiger partial charge in [0.25, 0.3) is 17.0 Å². The van der Waals surface area contributed by atoms with Gasteiger partial charge in [0.2, 0.25) is 0 Å². The molecule has 0 fully saturated rings. The number of aromatic nitrogens is 2. The van der Waals surface area contributed by atoms with Gasteiger partial charge in [-0.05, 0) is 24.3 Å². The molecule has 4 rings (SSSR count). The van der Waals surface area contributed by atoms with E-state index in [1.54, 1.807) is 18.2 Å². The molecule has 0 saturated heterocycles. The van der Waals surface area contributed by atoms with E-state index in [0.29, 0.717) is 5.02 Å². The van der Waals surface area contributed by atoms with Gasteiger partial charge in [0.1, 0.15) is 17.3 Å². The van der Waals surface area contributed by atoms with Gasteiger partial charge in [0.05, 0.1) is 16.5 Å². The summed E-state index contributed by atoms with van der Waals surface area (Å²) in [6, 6.07) is 12.6. The van der Waals surface area contributed by atoms with Crippen LogP contribution in [-0.2, 0) is 0 Å². The first-order valence-corrected chi connectivity index (χ1v) is 8.99. The third kappa shape index (κ3) is 2.78. The summed E-state index contributed by atoms with van der Waals surface area (Å²) in [5, 5.41) is 10.4. The van der Waals surface area contributed by atoms with Crippen molar-refractivity contribution in [1.29, 1.82) is 5.26 Å². The highest BCUT2D eigenvalue weighted by Gasteiger charge is 2.26. The topological polar surface area (TPSA) is 121 Å². The van der Waals surface area contributed by atoms with Crippen molar-refractivity contribution in [3.8, 4) is 17.2 Å². The molecule has 2 aromatic carbocycles. The van der Waals surface area contributed by atoms with Crippen LogP contribution in [0.25, 0.3) is 27.7 Å². The number of hydrogen-bond donors (Lipinski definition) is 2. The van der Waals surface area contributed by atoms with E-state index in [2.05, 4.69) is 4.98 Å². The molecule has 0 saturated carbocycles. The number of nitrogens with zero attached hydrogens (tertiary/aromatic N) is 2. The van der Waals surface area contributed by atoms with Gasteiger partial charge < -0.3 is 10.7 Å². The van der Waals surface area contributed by atoms with E-state index in [1.165, 1.54) is 24.3 Å². The van der Waals surface area contributed by atoms with Crippen molar-refractivity contribution in [2.45, 2.75) is 0 Å². The highest BCUT2D eigenvalue weighted by molar-refractivity contribution is 6.36. The van der Waals surface area contributed by atoms with E-state index in [-0.39, 0.29) is 43.8 Å². The lowest BCUT2D eigenvalue weighted by Gasteiger charge is -2.15. The number of pyridine rings is 1. The second-order valence-corrected chi connectivity index (χ2v) is 7.03. The molecule has 3 N–H and O–H groups in total. The molecule has 2 aromatic heterocycles. The summed E-state index contributed by atoms with van der Waals surface area (Å²) < 4.78 is 1.10. The van der Waals surface area contributed by atoms with Crippen molar-refractivity contribution < 1.29 is 4.79 Å². The number of para-hydroxylation sites is 1. The zero-order chi connectivity index (χ0) is 20.9. The monoisotopic (exact) mass is 424 g/mol. The SMILES string of the molecule is N#Cc1c(-c2ccc(Cl)cc2Cl)c(C(N)=O)c2[nH]c(=O)c3ccccc3n2c1=O. The van der Waals surface area contributed by atoms with Crippen LogP contribution >= 0.6 is 23.2 Å². The molecule has 0 unspecified atom stereocenters. The summed E-state index contributed by atoms with van der Waals surface area (Å²) in [7, 11) is 0. The minimum atomic E-state index is -0.939. The molecule has 7 nitrogen and oxygen atoms in total. The molecular formula is C20H10Cl2N4O3. The first kappa shape index (κ1) is 18.7. The lowest BCUT2D eigenvalue weighted by molar-refractivity contribution is 0.100. The Morgan fingerprint density at radius 1 is 1.14 bits per heavy atom. The molecule has 2 heterocycles. The Morgan fingerprint density at radius 3 is 2.52 bits per heavy atom. The Bertz CT molecular complexity index is 1510. The summed E-state index contributed by atoms with van der Waals surface area (Å²) >= 11 is 12.2. The number of H-pyrrole nitrogens is 1. The van der Waals surface area contributed by atoms with E-state index in [1.807, 2.05) is 6.07 Å². The van der Waals surface area contributed by atoms with Gasteiger partial charge >= 0.3 is 0 Å². The Balaban J connectivity index is 2.36. The average Bonchev–Trinajstić information content (AvgIpc) is 2.67. The molecule has 0 aliphatic heterocycles. The minimum Gasteiger partial charge on any atom is -0.365 e. The Hall–Kier alpha value is -3.60. The van der Waals surface area contributed by atoms with Crippen LogP contribution in [0.1, 0.15) is 15.9 Å². The van der Waals surface area contributed by atoms with E-state index < -0.39 is 17.0 Å².